The van der Waals surface area contributed by atoms with E-state index in [0.29, 0.717) is 6.54 Å². The molecule has 0 aliphatic carbocycles. The van der Waals surface area contributed by atoms with Crippen molar-refractivity contribution in [2.75, 3.05) is 6.54 Å². The highest BCUT2D eigenvalue weighted by molar-refractivity contribution is 5.90. The molecule has 0 radical (unpaired) electrons. The van der Waals surface area contributed by atoms with Crippen LogP contribution in [0.4, 0.5) is 4.79 Å². The first kappa shape index (κ1) is 16.2. The van der Waals surface area contributed by atoms with Gasteiger partial charge in [-0.25, -0.2) is 9.59 Å². The van der Waals surface area contributed by atoms with E-state index in [1.165, 1.54) is 4.90 Å². The van der Waals surface area contributed by atoms with Crippen molar-refractivity contribution in [1.82, 2.24) is 14.8 Å². The number of urea groups is 1. The van der Waals surface area contributed by atoms with Crippen LogP contribution in [-0.2, 0) is 11.2 Å². The fraction of sp³-hybridized carbons (Fsp3) is 0.412. The lowest BCUT2D eigenvalue weighted by Gasteiger charge is -2.58. The second kappa shape index (κ2) is 5.43. The molecule has 3 rings (SSSR count). The Hall–Kier alpha value is -2.70. The zero-order valence-electron chi connectivity index (χ0n) is 13.9. The van der Waals surface area contributed by atoms with Gasteiger partial charge < -0.3 is 20.1 Å². The Bertz CT molecular complexity index is 811. The van der Waals surface area contributed by atoms with Gasteiger partial charge in [-0.05, 0) is 44.5 Å². The predicted molar refractivity (Wildman–Crippen MR) is 88.8 cm³/mol. The molecule has 0 saturated carbocycles. The molecule has 1 aromatic heterocycles. The molecule has 2 heterocycles. The Morgan fingerprint density at radius 1 is 1.38 bits per heavy atom. The third-order valence-electron chi connectivity index (χ3n) is 4.76. The summed E-state index contributed by atoms with van der Waals surface area (Å²) >= 11 is 0. The molecule has 1 fully saturated rings. The lowest BCUT2D eigenvalue weighted by atomic mass is 9.96. The van der Waals surface area contributed by atoms with Crippen molar-refractivity contribution < 1.29 is 19.8 Å². The van der Waals surface area contributed by atoms with E-state index in [1.807, 2.05) is 20.8 Å². The van der Waals surface area contributed by atoms with E-state index in [4.69, 9.17) is 0 Å². The molecule has 1 atom stereocenters. The molecular weight excluding hydrogens is 310 g/mol. The van der Waals surface area contributed by atoms with Gasteiger partial charge in [0.15, 0.2) is 0 Å². The van der Waals surface area contributed by atoms with E-state index in [-0.39, 0.29) is 18.2 Å². The summed E-state index contributed by atoms with van der Waals surface area (Å²) in [6.07, 6.45) is 1.90. The standard InChI is InChI=1S/C17H21N3O4/c1-4-19-16(24)20(17(19,2)3)14(15(22)23)7-10-9-18-13-6-5-11(21)8-12(10)13/h5-6,8-9,14,18,21H,4,7H2,1-3H3,(H,22,23)/t14-/m0/s1. The molecule has 3 N–H and O–H groups in total. The predicted octanol–water partition coefficient (Wildman–Crippen LogP) is 2.36. The van der Waals surface area contributed by atoms with Gasteiger partial charge in [-0.2, -0.15) is 0 Å². The first-order valence-electron chi connectivity index (χ1n) is 7.90. The molecular formula is C17H21N3O4. The molecule has 7 heteroatoms. The number of fused-ring (bicyclic) bond motifs is 1. The number of aliphatic carboxylic acids is 1. The van der Waals surface area contributed by atoms with Crippen LogP contribution in [0.3, 0.4) is 0 Å². The molecule has 0 spiro atoms. The monoisotopic (exact) mass is 331 g/mol. The summed E-state index contributed by atoms with van der Waals surface area (Å²) in [6.45, 7) is 6.09. The largest absolute Gasteiger partial charge is 0.508 e. The third kappa shape index (κ3) is 2.28. The van der Waals surface area contributed by atoms with Crippen LogP contribution in [0, 0.1) is 0 Å². The van der Waals surface area contributed by atoms with Gasteiger partial charge in [0, 0.05) is 30.1 Å². The molecule has 7 nitrogen and oxygen atoms in total. The topological polar surface area (TPSA) is 96.9 Å². The minimum absolute atomic E-state index is 0.118. The first-order valence-corrected chi connectivity index (χ1v) is 7.90. The number of aromatic amines is 1. The van der Waals surface area contributed by atoms with Gasteiger partial charge in [-0.3, -0.25) is 4.90 Å². The highest BCUT2D eigenvalue weighted by atomic mass is 16.4. The van der Waals surface area contributed by atoms with Gasteiger partial charge in [0.2, 0.25) is 0 Å². The molecule has 1 aliphatic rings. The van der Waals surface area contributed by atoms with Gasteiger partial charge >= 0.3 is 12.0 Å². The van der Waals surface area contributed by atoms with Crippen molar-refractivity contribution in [3.05, 3.63) is 30.0 Å². The number of nitrogens with zero attached hydrogens (tertiary/aromatic N) is 2. The molecule has 2 amide bonds. The van der Waals surface area contributed by atoms with E-state index < -0.39 is 17.7 Å². The quantitative estimate of drug-likeness (QED) is 0.783. The number of nitrogens with one attached hydrogen (secondary N) is 1. The zero-order valence-corrected chi connectivity index (χ0v) is 13.9. The third-order valence-corrected chi connectivity index (χ3v) is 4.76. The van der Waals surface area contributed by atoms with Crippen LogP contribution in [0.1, 0.15) is 26.3 Å². The number of carbonyl (C=O) groups excluding carboxylic acids is 1. The number of phenols is 1. The summed E-state index contributed by atoms with van der Waals surface area (Å²) in [6, 6.07) is 3.68. The highest BCUT2D eigenvalue weighted by Crippen LogP contribution is 2.36. The number of carbonyl (C=O) groups is 2. The fourth-order valence-electron chi connectivity index (χ4n) is 3.55. The SMILES string of the molecule is CCN1C(=O)N([C@@H](Cc2c[nH]c3ccc(O)cc23)C(=O)O)C1(C)C. The number of aromatic hydroxyl groups is 1. The van der Waals surface area contributed by atoms with Crippen LogP contribution in [0.2, 0.25) is 0 Å². The summed E-state index contributed by atoms with van der Waals surface area (Å²) in [7, 11) is 0. The number of hydrogen-bond donors (Lipinski definition) is 3. The summed E-state index contributed by atoms with van der Waals surface area (Å²) in [5, 5.41) is 20.1. The van der Waals surface area contributed by atoms with E-state index in [9.17, 15) is 19.8 Å². The van der Waals surface area contributed by atoms with Crippen LogP contribution in [0.5, 0.6) is 5.75 Å². The van der Waals surface area contributed by atoms with Gasteiger partial charge in [0.25, 0.3) is 0 Å². The Morgan fingerprint density at radius 2 is 2.08 bits per heavy atom. The Kier molecular flexibility index (Phi) is 3.66. The fourth-order valence-corrected chi connectivity index (χ4v) is 3.55. The lowest BCUT2D eigenvalue weighted by Crippen LogP contribution is -2.77. The van der Waals surface area contributed by atoms with E-state index in [1.54, 1.807) is 29.3 Å². The summed E-state index contributed by atoms with van der Waals surface area (Å²) in [5.41, 5.74) is 0.937. The molecule has 1 aromatic carbocycles. The summed E-state index contributed by atoms with van der Waals surface area (Å²) < 4.78 is 0. The number of hydrogen-bond acceptors (Lipinski definition) is 3. The number of benzene rings is 1. The normalized spacial score (nSPS) is 17.9. The lowest BCUT2D eigenvalue weighted by molar-refractivity contribution is -0.155. The number of carboxylic acid groups (broad SMARTS) is 1. The average Bonchev–Trinajstić information content (AvgIpc) is 2.88. The van der Waals surface area contributed by atoms with Gasteiger partial charge in [-0.15, -0.1) is 0 Å². The molecule has 1 aliphatic heterocycles. The van der Waals surface area contributed by atoms with E-state index >= 15 is 0 Å². The number of carboxylic acids is 1. The van der Waals surface area contributed by atoms with Gasteiger partial charge in [0.05, 0.1) is 0 Å². The molecule has 1 saturated heterocycles. The van der Waals surface area contributed by atoms with Crippen LogP contribution in [0.15, 0.2) is 24.4 Å². The number of amides is 2. The van der Waals surface area contributed by atoms with Gasteiger partial charge in [0.1, 0.15) is 17.5 Å². The Balaban J connectivity index is 1.94. The zero-order chi connectivity index (χ0) is 17.6. The number of H-pyrrole nitrogens is 1. The maximum atomic E-state index is 12.3. The second-order valence-electron chi connectivity index (χ2n) is 6.49. The average molecular weight is 331 g/mol. The number of phenolic OH excluding ortho intramolecular Hbond substituents is 1. The van der Waals surface area contributed by atoms with Crippen molar-refractivity contribution in [1.29, 1.82) is 0 Å². The van der Waals surface area contributed by atoms with Crippen LogP contribution in [0.25, 0.3) is 10.9 Å². The Morgan fingerprint density at radius 3 is 2.67 bits per heavy atom. The molecule has 0 unspecified atom stereocenters. The number of rotatable bonds is 5. The molecule has 128 valence electrons. The van der Waals surface area contributed by atoms with Crippen molar-refractivity contribution in [3.8, 4) is 5.75 Å². The maximum Gasteiger partial charge on any atom is 0.326 e. The Labute approximate surface area is 139 Å². The summed E-state index contributed by atoms with van der Waals surface area (Å²) in [4.78, 5) is 30.3. The molecule has 0 bridgehead atoms. The van der Waals surface area contributed by atoms with Crippen LogP contribution < -0.4 is 0 Å². The van der Waals surface area contributed by atoms with Crippen molar-refractivity contribution >= 4 is 22.9 Å². The number of aromatic nitrogens is 1. The minimum Gasteiger partial charge on any atom is -0.508 e. The molecule has 24 heavy (non-hydrogen) atoms. The van der Waals surface area contributed by atoms with E-state index in [0.717, 1.165) is 16.5 Å². The minimum atomic E-state index is -1.04. The van der Waals surface area contributed by atoms with Crippen LogP contribution >= 0.6 is 0 Å². The molecule has 2 aromatic rings. The maximum absolute atomic E-state index is 12.3. The highest BCUT2D eigenvalue weighted by Gasteiger charge is 2.54. The second-order valence-corrected chi connectivity index (χ2v) is 6.49. The smallest absolute Gasteiger partial charge is 0.326 e. The van der Waals surface area contributed by atoms with Crippen molar-refractivity contribution in [3.63, 3.8) is 0 Å². The van der Waals surface area contributed by atoms with Gasteiger partial charge in [-0.1, -0.05) is 0 Å². The van der Waals surface area contributed by atoms with Crippen LogP contribution in [-0.4, -0.2) is 55.2 Å². The summed E-state index contributed by atoms with van der Waals surface area (Å²) in [5.74, 6) is -0.922. The first-order chi connectivity index (χ1) is 11.3. The van der Waals surface area contributed by atoms with Crippen molar-refractivity contribution in [2.24, 2.45) is 0 Å². The van der Waals surface area contributed by atoms with E-state index in [2.05, 4.69) is 4.98 Å². The van der Waals surface area contributed by atoms with Crippen molar-refractivity contribution in [2.45, 2.75) is 38.9 Å².